The van der Waals surface area contributed by atoms with Gasteiger partial charge in [0, 0.05) is 17.2 Å². The number of ether oxygens (including phenoxy) is 1. The maximum absolute atomic E-state index is 12.2. The number of methoxy groups -OCH3 is 1. The molecule has 1 aliphatic heterocycles. The highest BCUT2D eigenvalue weighted by Gasteiger charge is 2.40. The minimum absolute atomic E-state index is 0.0696. The molecule has 0 aliphatic carbocycles. The van der Waals surface area contributed by atoms with Crippen molar-refractivity contribution in [2.45, 2.75) is 0 Å². The Bertz CT molecular complexity index is 588. The summed E-state index contributed by atoms with van der Waals surface area (Å²) in [5.74, 6) is -0.550. The zero-order chi connectivity index (χ0) is 15.6. The number of anilines is 1. The fourth-order valence-corrected chi connectivity index (χ4v) is 2.33. The molecule has 1 aromatic carbocycles. The van der Waals surface area contributed by atoms with Crippen LogP contribution in [0, 0.1) is 0 Å². The second kappa shape index (κ2) is 6.30. The van der Waals surface area contributed by atoms with E-state index in [1.807, 2.05) is 0 Å². The van der Waals surface area contributed by atoms with Crippen LogP contribution in [0.5, 0.6) is 0 Å². The molecule has 5 amide bonds. The van der Waals surface area contributed by atoms with E-state index in [9.17, 15) is 14.4 Å². The number of hydrogen-bond acceptors (Lipinski definition) is 4. The first-order valence-corrected chi connectivity index (χ1v) is 6.57. The van der Waals surface area contributed by atoms with Crippen molar-refractivity contribution < 1.29 is 19.1 Å². The molecule has 1 heterocycles. The van der Waals surface area contributed by atoms with Crippen molar-refractivity contribution in [3.8, 4) is 0 Å². The van der Waals surface area contributed by atoms with Gasteiger partial charge in [-0.05, 0) is 18.2 Å². The van der Waals surface area contributed by atoms with Gasteiger partial charge in [-0.3, -0.25) is 4.79 Å². The number of carbonyl (C=O) groups is 3. The van der Waals surface area contributed by atoms with Gasteiger partial charge in [-0.15, -0.1) is 0 Å². The molecule has 1 N–H and O–H groups in total. The first-order valence-electron chi connectivity index (χ1n) is 5.81. The summed E-state index contributed by atoms with van der Waals surface area (Å²) in [6.07, 6.45) is 0. The Hall–Kier alpha value is -1.83. The summed E-state index contributed by atoms with van der Waals surface area (Å²) in [6.45, 7) is -0.432. The van der Waals surface area contributed by atoms with Gasteiger partial charge in [-0.25, -0.2) is 19.4 Å². The van der Waals surface area contributed by atoms with Gasteiger partial charge >= 0.3 is 12.1 Å². The van der Waals surface area contributed by atoms with E-state index < -0.39 is 18.0 Å². The summed E-state index contributed by atoms with van der Waals surface area (Å²) in [7, 11) is 1.39. The van der Waals surface area contributed by atoms with E-state index in [1.165, 1.54) is 25.3 Å². The van der Waals surface area contributed by atoms with Crippen LogP contribution in [-0.2, 0) is 9.53 Å². The van der Waals surface area contributed by atoms with Crippen LogP contribution in [0.1, 0.15) is 0 Å². The minimum Gasteiger partial charge on any atom is -0.364 e. The van der Waals surface area contributed by atoms with Crippen LogP contribution in [0.3, 0.4) is 0 Å². The van der Waals surface area contributed by atoms with Gasteiger partial charge in [-0.1, -0.05) is 23.2 Å². The van der Waals surface area contributed by atoms with Crippen molar-refractivity contribution in [2.24, 2.45) is 0 Å². The highest BCUT2D eigenvalue weighted by molar-refractivity contribution is 6.35. The van der Waals surface area contributed by atoms with Crippen LogP contribution in [0.25, 0.3) is 0 Å². The van der Waals surface area contributed by atoms with Crippen molar-refractivity contribution in [2.75, 3.05) is 25.3 Å². The first-order chi connectivity index (χ1) is 9.93. The molecule has 0 unspecified atom stereocenters. The van der Waals surface area contributed by atoms with Gasteiger partial charge in [0.25, 0.3) is 5.91 Å². The van der Waals surface area contributed by atoms with Crippen LogP contribution >= 0.6 is 23.2 Å². The van der Waals surface area contributed by atoms with Crippen LogP contribution in [0.4, 0.5) is 15.3 Å². The largest absolute Gasteiger partial charge is 0.364 e. The molecule has 0 atom stereocenters. The van der Waals surface area contributed by atoms with Crippen molar-refractivity contribution >= 4 is 46.9 Å². The second-order valence-corrected chi connectivity index (χ2v) is 5.01. The number of imide groups is 2. The lowest BCUT2D eigenvalue weighted by molar-refractivity contribution is -0.116. The zero-order valence-electron chi connectivity index (χ0n) is 10.9. The number of nitrogens with one attached hydrogen (secondary N) is 1. The SMILES string of the molecule is COCNC(=O)N1CC(=O)N(c2cc(Cl)cc(Cl)c2)C1=O. The number of hydrogen-bond donors (Lipinski definition) is 1. The number of carbonyl (C=O) groups excluding carboxylic acids is 3. The van der Waals surface area contributed by atoms with Gasteiger partial charge in [0.15, 0.2) is 0 Å². The third-order valence-corrected chi connectivity index (χ3v) is 3.12. The smallest absolute Gasteiger partial charge is 0.340 e. The quantitative estimate of drug-likeness (QED) is 0.679. The Kier molecular flexibility index (Phi) is 4.66. The molecule has 1 fully saturated rings. The molecule has 0 aromatic heterocycles. The van der Waals surface area contributed by atoms with Crippen LogP contribution in [0.15, 0.2) is 18.2 Å². The molecule has 0 bridgehead atoms. The first kappa shape index (κ1) is 15.6. The monoisotopic (exact) mass is 331 g/mol. The number of urea groups is 2. The van der Waals surface area contributed by atoms with Gasteiger partial charge in [-0.2, -0.15) is 0 Å². The Labute approximate surface area is 130 Å². The average molecular weight is 332 g/mol. The third-order valence-electron chi connectivity index (χ3n) is 2.68. The molecule has 1 saturated heterocycles. The lowest BCUT2D eigenvalue weighted by Crippen LogP contribution is -2.43. The molecule has 0 saturated carbocycles. The van der Waals surface area contributed by atoms with E-state index in [4.69, 9.17) is 23.2 Å². The number of nitrogens with zero attached hydrogens (tertiary/aromatic N) is 2. The number of rotatable bonds is 3. The standard InChI is InChI=1S/C12H11Cl2N3O4/c1-21-6-15-11(19)16-5-10(18)17(12(16)20)9-3-7(13)2-8(14)4-9/h2-4H,5-6H2,1H3,(H,15,19). The third kappa shape index (κ3) is 3.26. The Balaban J connectivity index is 2.24. The normalized spacial score (nSPS) is 14.8. The van der Waals surface area contributed by atoms with Gasteiger partial charge in [0.05, 0.1) is 5.69 Å². The Morgan fingerprint density at radius 1 is 1.29 bits per heavy atom. The van der Waals surface area contributed by atoms with Crippen LogP contribution in [0.2, 0.25) is 10.0 Å². The van der Waals surface area contributed by atoms with Gasteiger partial charge < -0.3 is 10.1 Å². The molecule has 0 spiro atoms. The van der Waals surface area contributed by atoms with Crippen molar-refractivity contribution in [3.05, 3.63) is 28.2 Å². The molecule has 1 aromatic rings. The highest BCUT2D eigenvalue weighted by Crippen LogP contribution is 2.28. The molecule has 1 aliphatic rings. The number of amides is 5. The number of halogens is 2. The zero-order valence-corrected chi connectivity index (χ0v) is 12.4. The van der Waals surface area contributed by atoms with E-state index in [0.29, 0.717) is 0 Å². The lowest BCUT2D eigenvalue weighted by atomic mass is 10.3. The maximum Gasteiger partial charge on any atom is 0.340 e. The predicted molar refractivity (Wildman–Crippen MR) is 76.5 cm³/mol. The fraction of sp³-hybridized carbons (Fsp3) is 0.250. The van der Waals surface area contributed by atoms with Gasteiger partial charge in [0.2, 0.25) is 0 Å². The average Bonchev–Trinajstić information content (AvgIpc) is 2.70. The topological polar surface area (TPSA) is 79.0 Å². The van der Waals surface area contributed by atoms with Crippen LogP contribution < -0.4 is 10.2 Å². The summed E-state index contributed by atoms with van der Waals surface area (Å²) >= 11 is 11.7. The Morgan fingerprint density at radius 3 is 2.48 bits per heavy atom. The molecular weight excluding hydrogens is 321 g/mol. The number of benzene rings is 1. The van der Waals surface area contributed by atoms with Crippen molar-refractivity contribution in [3.63, 3.8) is 0 Å². The lowest BCUT2D eigenvalue weighted by Gasteiger charge is -2.16. The van der Waals surface area contributed by atoms with E-state index in [2.05, 4.69) is 10.1 Å². The van der Waals surface area contributed by atoms with Crippen molar-refractivity contribution in [1.29, 1.82) is 0 Å². The minimum atomic E-state index is -0.771. The van der Waals surface area contributed by atoms with Crippen molar-refractivity contribution in [1.82, 2.24) is 10.2 Å². The maximum atomic E-state index is 12.2. The molecule has 2 rings (SSSR count). The molecule has 112 valence electrons. The van der Waals surface area contributed by atoms with E-state index >= 15 is 0 Å². The molecule has 9 heteroatoms. The second-order valence-electron chi connectivity index (χ2n) is 4.14. The summed E-state index contributed by atoms with van der Waals surface area (Å²) in [4.78, 5) is 37.5. The predicted octanol–water partition coefficient (Wildman–Crippen LogP) is 2.08. The van der Waals surface area contributed by atoms with E-state index in [1.54, 1.807) is 0 Å². The highest BCUT2D eigenvalue weighted by atomic mass is 35.5. The van der Waals surface area contributed by atoms with Gasteiger partial charge in [0.1, 0.15) is 13.3 Å². The Morgan fingerprint density at radius 2 is 1.90 bits per heavy atom. The summed E-state index contributed by atoms with van der Waals surface area (Å²) < 4.78 is 4.67. The molecule has 7 nitrogen and oxygen atoms in total. The van der Waals surface area contributed by atoms with E-state index in [-0.39, 0.29) is 29.0 Å². The molecule has 0 radical (unpaired) electrons. The van der Waals surface area contributed by atoms with E-state index in [0.717, 1.165) is 9.80 Å². The summed E-state index contributed by atoms with van der Waals surface area (Å²) in [6, 6.07) is 2.82. The molecular formula is C12H11Cl2N3O4. The summed E-state index contributed by atoms with van der Waals surface area (Å²) in [5, 5.41) is 2.89. The van der Waals surface area contributed by atoms with Crippen LogP contribution in [-0.4, -0.2) is 43.3 Å². The fourth-order valence-electron chi connectivity index (χ4n) is 1.81. The summed E-state index contributed by atoms with van der Waals surface area (Å²) in [5.41, 5.74) is 0.213. The molecule has 21 heavy (non-hydrogen) atoms.